The van der Waals surface area contributed by atoms with Crippen molar-refractivity contribution in [3.05, 3.63) is 46.6 Å². The lowest BCUT2D eigenvalue weighted by Gasteiger charge is -2.19. The molecule has 1 aromatic carbocycles. The van der Waals surface area contributed by atoms with Gasteiger partial charge in [-0.25, -0.2) is 0 Å². The maximum Gasteiger partial charge on any atom is 0.162 e. The Hall–Kier alpha value is -1.09. The summed E-state index contributed by atoms with van der Waals surface area (Å²) in [5, 5.41) is 0. The number of benzene rings is 1. The van der Waals surface area contributed by atoms with Gasteiger partial charge in [-0.3, -0.25) is 4.79 Å². The van der Waals surface area contributed by atoms with Crippen molar-refractivity contribution < 1.29 is 9.53 Å². The van der Waals surface area contributed by atoms with Crippen LogP contribution in [0.3, 0.4) is 0 Å². The number of ketones is 1. The Morgan fingerprint density at radius 1 is 1.36 bits per heavy atom. The van der Waals surface area contributed by atoms with Crippen molar-refractivity contribution in [3.8, 4) is 0 Å². The predicted octanol–water partition coefficient (Wildman–Crippen LogP) is 2.99. The maximum atomic E-state index is 11.2. The third kappa shape index (κ3) is 1.87. The lowest BCUT2D eigenvalue weighted by Crippen LogP contribution is -2.11. The minimum absolute atomic E-state index is 0.108. The highest BCUT2D eigenvalue weighted by atomic mass is 79.9. The highest BCUT2D eigenvalue weighted by Crippen LogP contribution is 2.30. The number of allylic oxidation sites excluding steroid dienone is 1. The summed E-state index contributed by atoms with van der Waals surface area (Å²) in [5.41, 5.74) is 1.02. The van der Waals surface area contributed by atoms with Crippen molar-refractivity contribution in [1.29, 1.82) is 0 Å². The van der Waals surface area contributed by atoms with Crippen LogP contribution in [-0.4, -0.2) is 5.78 Å². The summed E-state index contributed by atoms with van der Waals surface area (Å²) in [6.07, 6.45) is 3.20. The van der Waals surface area contributed by atoms with E-state index in [1.165, 1.54) is 12.3 Å². The lowest BCUT2D eigenvalue weighted by atomic mass is 10.0. The van der Waals surface area contributed by atoms with Crippen LogP contribution in [-0.2, 0) is 9.53 Å². The van der Waals surface area contributed by atoms with E-state index in [1.807, 2.05) is 24.3 Å². The molecule has 1 heterocycles. The van der Waals surface area contributed by atoms with Crippen LogP contribution in [0, 0.1) is 0 Å². The van der Waals surface area contributed by atoms with E-state index in [-0.39, 0.29) is 11.9 Å². The van der Waals surface area contributed by atoms with Crippen LogP contribution in [0.1, 0.15) is 18.1 Å². The molecule has 1 aromatic rings. The highest BCUT2D eigenvalue weighted by molar-refractivity contribution is 9.10. The normalized spacial score (nSPS) is 20.6. The fraction of sp³-hybridized carbons (Fsp3) is 0.182. The van der Waals surface area contributed by atoms with Crippen LogP contribution in [0.5, 0.6) is 0 Å². The van der Waals surface area contributed by atoms with E-state index in [9.17, 15) is 4.79 Å². The van der Waals surface area contributed by atoms with Gasteiger partial charge >= 0.3 is 0 Å². The molecular weight excluding hydrogens is 244 g/mol. The van der Waals surface area contributed by atoms with Gasteiger partial charge < -0.3 is 4.74 Å². The molecule has 1 aliphatic rings. The Labute approximate surface area is 90.7 Å². The molecule has 0 saturated heterocycles. The van der Waals surface area contributed by atoms with E-state index < -0.39 is 0 Å². The van der Waals surface area contributed by atoms with Crippen molar-refractivity contribution >= 4 is 21.7 Å². The van der Waals surface area contributed by atoms with Crippen LogP contribution in [0.25, 0.3) is 0 Å². The second-order valence-corrected chi connectivity index (χ2v) is 3.97. The summed E-state index contributed by atoms with van der Waals surface area (Å²) >= 11 is 3.44. The molecule has 1 aliphatic heterocycles. The van der Waals surface area contributed by atoms with Gasteiger partial charge in [0.05, 0.1) is 12.7 Å². The molecule has 0 aliphatic carbocycles. The first-order valence-electron chi connectivity index (χ1n) is 4.36. The molecule has 0 saturated carbocycles. The molecular formula is C11H9BrO2. The molecule has 0 fully saturated rings. The van der Waals surface area contributed by atoms with E-state index >= 15 is 0 Å². The number of ether oxygens (including phenoxy) is 1. The summed E-state index contributed by atoms with van der Waals surface area (Å²) in [5.74, 6) is 0.108. The van der Waals surface area contributed by atoms with Crippen molar-refractivity contribution in [2.75, 3.05) is 0 Å². The number of carbonyl (C=O) groups is 1. The van der Waals surface area contributed by atoms with Crippen LogP contribution in [0.2, 0.25) is 0 Å². The van der Waals surface area contributed by atoms with Crippen molar-refractivity contribution in [2.45, 2.75) is 12.5 Å². The van der Waals surface area contributed by atoms with Crippen molar-refractivity contribution in [1.82, 2.24) is 0 Å². The number of hydrogen-bond donors (Lipinski definition) is 0. The Kier molecular flexibility index (Phi) is 2.68. The molecule has 0 spiro atoms. The molecule has 0 N–H and O–H groups in total. The minimum atomic E-state index is -0.150. The zero-order chi connectivity index (χ0) is 9.97. The quantitative estimate of drug-likeness (QED) is 0.769. The molecule has 0 radical (unpaired) electrons. The molecule has 14 heavy (non-hydrogen) atoms. The number of carbonyl (C=O) groups excluding carboxylic acids is 1. The maximum absolute atomic E-state index is 11.2. The summed E-state index contributed by atoms with van der Waals surface area (Å²) in [4.78, 5) is 11.2. The van der Waals surface area contributed by atoms with Gasteiger partial charge in [0.1, 0.15) is 6.10 Å². The SMILES string of the molecule is O=C1C=COC(c2ccccc2Br)C1. The second kappa shape index (κ2) is 3.96. The highest BCUT2D eigenvalue weighted by Gasteiger charge is 2.20. The Balaban J connectivity index is 2.28. The lowest BCUT2D eigenvalue weighted by molar-refractivity contribution is -0.118. The Bertz CT molecular complexity index is 385. The largest absolute Gasteiger partial charge is 0.493 e. The van der Waals surface area contributed by atoms with E-state index in [0.29, 0.717) is 6.42 Å². The molecule has 72 valence electrons. The number of rotatable bonds is 1. The van der Waals surface area contributed by atoms with E-state index in [2.05, 4.69) is 15.9 Å². The van der Waals surface area contributed by atoms with Crippen LogP contribution >= 0.6 is 15.9 Å². The van der Waals surface area contributed by atoms with E-state index in [0.717, 1.165) is 10.0 Å². The molecule has 1 atom stereocenters. The molecule has 1 unspecified atom stereocenters. The smallest absolute Gasteiger partial charge is 0.162 e. The third-order valence-corrected chi connectivity index (χ3v) is 2.86. The fourth-order valence-corrected chi connectivity index (χ4v) is 1.97. The topological polar surface area (TPSA) is 26.3 Å². The average molecular weight is 253 g/mol. The van der Waals surface area contributed by atoms with Crippen LogP contribution < -0.4 is 0 Å². The van der Waals surface area contributed by atoms with E-state index in [1.54, 1.807) is 0 Å². The van der Waals surface area contributed by atoms with Crippen LogP contribution in [0.15, 0.2) is 41.1 Å². The number of hydrogen-bond acceptors (Lipinski definition) is 2. The van der Waals surface area contributed by atoms with Gasteiger partial charge in [0, 0.05) is 16.1 Å². The Morgan fingerprint density at radius 2 is 2.14 bits per heavy atom. The monoisotopic (exact) mass is 252 g/mol. The first-order valence-corrected chi connectivity index (χ1v) is 5.16. The molecule has 0 amide bonds. The second-order valence-electron chi connectivity index (χ2n) is 3.12. The standard InChI is InChI=1S/C11H9BrO2/c12-10-4-2-1-3-9(10)11-7-8(13)5-6-14-11/h1-6,11H,7H2. The molecule has 2 nitrogen and oxygen atoms in total. The molecule has 0 aromatic heterocycles. The average Bonchev–Trinajstić information content (AvgIpc) is 2.18. The van der Waals surface area contributed by atoms with Crippen LogP contribution in [0.4, 0.5) is 0 Å². The first-order chi connectivity index (χ1) is 6.77. The Morgan fingerprint density at radius 3 is 2.86 bits per heavy atom. The summed E-state index contributed by atoms with van der Waals surface area (Å²) in [6, 6.07) is 7.78. The van der Waals surface area contributed by atoms with Gasteiger partial charge in [-0.2, -0.15) is 0 Å². The zero-order valence-corrected chi connectivity index (χ0v) is 9.03. The van der Waals surface area contributed by atoms with Crippen molar-refractivity contribution in [2.24, 2.45) is 0 Å². The first kappa shape index (κ1) is 9.46. The van der Waals surface area contributed by atoms with E-state index in [4.69, 9.17) is 4.74 Å². The fourth-order valence-electron chi connectivity index (χ4n) is 1.43. The number of halogens is 1. The molecule has 0 bridgehead atoms. The summed E-state index contributed by atoms with van der Waals surface area (Å²) in [7, 11) is 0. The predicted molar refractivity (Wildman–Crippen MR) is 56.7 cm³/mol. The molecule has 2 rings (SSSR count). The van der Waals surface area contributed by atoms with Gasteiger partial charge in [0.15, 0.2) is 5.78 Å². The van der Waals surface area contributed by atoms with Gasteiger partial charge in [-0.05, 0) is 6.07 Å². The van der Waals surface area contributed by atoms with Gasteiger partial charge in [0.25, 0.3) is 0 Å². The summed E-state index contributed by atoms with van der Waals surface area (Å²) in [6.45, 7) is 0. The molecule has 3 heteroatoms. The minimum Gasteiger partial charge on any atom is -0.493 e. The van der Waals surface area contributed by atoms with Gasteiger partial charge in [-0.15, -0.1) is 0 Å². The third-order valence-electron chi connectivity index (χ3n) is 2.14. The summed E-state index contributed by atoms with van der Waals surface area (Å²) < 4.78 is 6.36. The zero-order valence-electron chi connectivity index (χ0n) is 7.44. The van der Waals surface area contributed by atoms with Crippen molar-refractivity contribution in [3.63, 3.8) is 0 Å². The van der Waals surface area contributed by atoms with Gasteiger partial charge in [-0.1, -0.05) is 34.1 Å². The van der Waals surface area contributed by atoms with Gasteiger partial charge in [0.2, 0.25) is 0 Å².